The van der Waals surface area contributed by atoms with Crippen molar-refractivity contribution < 1.29 is 59.1 Å². The van der Waals surface area contributed by atoms with Gasteiger partial charge in [0.1, 0.15) is 48.8 Å². The second kappa shape index (κ2) is 12.3. The second-order valence-electron chi connectivity index (χ2n) is 7.31. The number of amides is 1. The summed E-state index contributed by atoms with van der Waals surface area (Å²) in [4.78, 5) is 11.8. The van der Waals surface area contributed by atoms with Crippen LogP contribution in [0.3, 0.4) is 0 Å². The number of aliphatic hydroxyl groups excluding tert-OH is 6. The van der Waals surface area contributed by atoms with E-state index in [0.29, 0.717) is 6.61 Å². The lowest BCUT2D eigenvalue weighted by atomic mass is 9.95. The molecule has 2 aliphatic rings. The number of aliphatic hydroxyl groups is 6. The molecule has 2 heterocycles. The smallest absolute Gasteiger partial charge is 0.217 e. The fourth-order valence-corrected chi connectivity index (χ4v) is 3.46. The van der Waals surface area contributed by atoms with Crippen LogP contribution in [0.4, 0.5) is 0 Å². The molecule has 13 heteroatoms. The van der Waals surface area contributed by atoms with Crippen molar-refractivity contribution >= 4 is 5.91 Å². The first kappa shape index (κ1) is 26.3. The Labute approximate surface area is 179 Å². The van der Waals surface area contributed by atoms with Crippen molar-refractivity contribution in [3.8, 4) is 0 Å². The summed E-state index contributed by atoms with van der Waals surface area (Å²) in [5.74, 6) is -0.496. The molecule has 0 aromatic heterocycles. The van der Waals surface area contributed by atoms with Gasteiger partial charge in [-0.05, 0) is 6.92 Å². The molecule has 0 bridgehead atoms. The molecule has 31 heavy (non-hydrogen) atoms. The Hall–Kier alpha value is -0.970. The highest BCUT2D eigenvalue weighted by Gasteiger charge is 2.51. The van der Waals surface area contributed by atoms with E-state index in [1.807, 2.05) is 0 Å². The van der Waals surface area contributed by atoms with Crippen LogP contribution in [0.1, 0.15) is 13.8 Å². The summed E-state index contributed by atoms with van der Waals surface area (Å²) in [5.41, 5.74) is 0. The van der Waals surface area contributed by atoms with Crippen LogP contribution in [0.5, 0.6) is 0 Å². The third-order valence-corrected chi connectivity index (χ3v) is 5.08. The topological polar surface area (TPSA) is 197 Å². The third kappa shape index (κ3) is 6.52. The Morgan fingerprint density at radius 1 is 0.903 bits per heavy atom. The predicted octanol–water partition coefficient (Wildman–Crippen LogP) is -4.19. The van der Waals surface area contributed by atoms with Gasteiger partial charge < -0.3 is 59.6 Å². The zero-order valence-electron chi connectivity index (χ0n) is 17.4. The summed E-state index contributed by atoms with van der Waals surface area (Å²) in [7, 11) is 0. The Bertz CT molecular complexity index is 552. The van der Waals surface area contributed by atoms with Gasteiger partial charge in [-0.25, -0.2) is 0 Å². The molecule has 2 fully saturated rings. The van der Waals surface area contributed by atoms with Crippen LogP contribution in [0.25, 0.3) is 0 Å². The summed E-state index contributed by atoms with van der Waals surface area (Å²) in [5, 5.41) is 62.3. The molecule has 2 rings (SSSR count). The van der Waals surface area contributed by atoms with Crippen molar-refractivity contribution in [3.63, 3.8) is 0 Å². The van der Waals surface area contributed by atoms with Gasteiger partial charge in [0, 0.05) is 13.5 Å². The summed E-state index contributed by atoms with van der Waals surface area (Å²) in [6.45, 7) is 2.53. The van der Waals surface area contributed by atoms with E-state index in [0.717, 1.165) is 0 Å². The van der Waals surface area contributed by atoms with Crippen molar-refractivity contribution in [1.82, 2.24) is 5.32 Å². The van der Waals surface area contributed by atoms with Crippen LogP contribution in [0, 0.1) is 0 Å². The van der Waals surface area contributed by atoms with E-state index in [4.69, 9.17) is 23.7 Å². The molecule has 0 saturated carbocycles. The van der Waals surface area contributed by atoms with Gasteiger partial charge in [-0.2, -0.15) is 0 Å². The van der Waals surface area contributed by atoms with Gasteiger partial charge in [-0.3, -0.25) is 4.79 Å². The minimum Gasteiger partial charge on any atom is -0.394 e. The number of hydrogen-bond donors (Lipinski definition) is 7. The van der Waals surface area contributed by atoms with Crippen LogP contribution in [0.15, 0.2) is 0 Å². The van der Waals surface area contributed by atoms with Crippen molar-refractivity contribution in [3.05, 3.63) is 0 Å². The fraction of sp³-hybridized carbons (Fsp3) is 0.944. The predicted molar refractivity (Wildman–Crippen MR) is 100 cm³/mol. The SMILES string of the molecule is CCOCCO[C@H]1O[C@H](CO)[C@H](O)[C@H](O[C@@H]2O[C@H](CO)[C@H](O)[C@H](O)[C@H]2O)[C@H]1NC(C)=O. The van der Waals surface area contributed by atoms with E-state index >= 15 is 0 Å². The van der Waals surface area contributed by atoms with Crippen LogP contribution in [0.2, 0.25) is 0 Å². The first-order chi connectivity index (χ1) is 14.7. The largest absolute Gasteiger partial charge is 0.394 e. The standard InChI is InChI=1S/C18H33NO12/c1-3-27-4-5-28-17-11(19-8(2)22)16(13(24)10(7-21)29-17)31-18-15(26)14(25)12(23)9(6-20)30-18/h9-18,20-21,23-26H,3-7H2,1-2H3,(H,19,22)/t9-,10-,11-,12+,13+,14+,15-,16-,17+,18+/m1/s1. The Morgan fingerprint density at radius 2 is 1.52 bits per heavy atom. The first-order valence-corrected chi connectivity index (χ1v) is 10.1. The zero-order valence-corrected chi connectivity index (χ0v) is 17.4. The van der Waals surface area contributed by atoms with E-state index < -0.39 is 80.5 Å². The average molecular weight is 455 g/mol. The highest BCUT2D eigenvalue weighted by molar-refractivity contribution is 5.73. The summed E-state index contributed by atoms with van der Waals surface area (Å²) in [6, 6.07) is -1.09. The maximum atomic E-state index is 11.8. The van der Waals surface area contributed by atoms with E-state index in [9.17, 15) is 35.4 Å². The van der Waals surface area contributed by atoms with Gasteiger partial charge in [0.2, 0.25) is 5.91 Å². The lowest BCUT2D eigenvalue weighted by molar-refractivity contribution is -0.345. The first-order valence-electron chi connectivity index (χ1n) is 10.1. The van der Waals surface area contributed by atoms with E-state index in [-0.39, 0.29) is 13.2 Å². The molecule has 0 aromatic carbocycles. The molecule has 13 nitrogen and oxygen atoms in total. The molecule has 10 atom stereocenters. The number of carbonyl (C=O) groups excluding carboxylic acids is 1. The lowest BCUT2D eigenvalue weighted by Crippen LogP contribution is -2.68. The molecule has 182 valence electrons. The molecule has 2 saturated heterocycles. The molecule has 0 unspecified atom stereocenters. The number of carbonyl (C=O) groups is 1. The maximum Gasteiger partial charge on any atom is 0.217 e. The van der Waals surface area contributed by atoms with Crippen molar-refractivity contribution in [1.29, 1.82) is 0 Å². The molecule has 0 aliphatic carbocycles. The van der Waals surface area contributed by atoms with Gasteiger partial charge in [-0.15, -0.1) is 0 Å². The summed E-state index contributed by atoms with van der Waals surface area (Å²) in [6.07, 6.45) is -12.9. The van der Waals surface area contributed by atoms with Gasteiger partial charge in [0.25, 0.3) is 0 Å². The van der Waals surface area contributed by atoms with E-state index in [2.05, 4.69) is 5.32 Å². The maximum absolute atomic E-state index is 11.8. The van der Waals surface area contributed by atoms with Crippen LogP contribution in [-0.2, 0) is 28.5 Å². The number of hydrogen-bond acceptors (Lipinski definition) is 12. The molecule has 2 aliphatic heterocycles. The van der Waals surface area contributed by atoms with Crippen LogP contribution >= 0.6 is 0 Å². The zero-order chi connectivity index (χ0) is 23.1. The molecule has 1 amide bonds. The monoisotopic (exact) mass is 455 g/mol. The Kier molecular flexibility index (Phi) is 10.4. The summed E-state index contributed by atoms with van der Waals surface area (Å²) < 4.78 is 27.4. The minimum atomic E-state index is -1.73. The van der Waals surface area contributed by atoms with Crippen molar-refractivity contribution in [2.45, 2.75) is 75.2 Å². The highest BCUT2D eigenvalue weighted by Crippen LogP contribution is 2.29. The van der Waals surface area contributed by atoms with Gasteiger partial charge >= 0.3 is 0 Å². The van der Waals surface area contributed by atoms with Crippen LogP contribution in [-0.4, -0.2) is 131 Å². The van der Waals surface area contributed by atoms with Crippen LogP contribution < -0.4 is 5.32 Å². The van der Waals surface area contributed by atoms with E-state index in [1.165, 1.54) is 6.92 Å². The Balaban J connectivity index is 2.22. The van der Waals surface area contributed by atoms with Gasteiger partial charge in [0.05, 0.1) is 26.4 Å². The van der Waals surface area contributed by atoms with Gasteiger partial charge in [0.15, 0.2) is 12.6 Å². The molecule has 0 aromatic rings. The molecule has 0 spiro atoms. The molecular formula is C18H33NO12. The van der Waals surface area contributed by atoms with Crippen molar-refractivity contribution in [2.24, 2.45) is 0 Å². The normalized spacial score (nSPS) is 41.2. The van der Waals surface area contributed by atoms with Crippen molar-refractivity contribution in [2.75, 3.05) is 33.0 Å². The number of nitrogens with one attached hydrogen (secondary N) is 1. The third-order valence-electron chi connectivity index (χ3n) is 5.08. The fourth-order valence-electron chi connectivity index (χ4n) is 3.46. The van der Waals surface area contributed by atoms with Gasteiger partial charge in [-0.1, -0.05) is 0 Å². The molecular weight excluding hydrogens is 422 g/mol. The summed E-state index contributed by atoms with van der Waals surface area (Å²) >= 11 is 0. The Morgan fingerprint density at radius 3 is 2.10 bits per heavy atom. The number of ether oxygens (including phenoxy) is 5. The van der Waals surface area contributed by atoms with E-state index in [1.54, 1.807) is 6.92 Å². The average Bonchev–Trinajstić information content (AvgIpc) is 2.74. The highest BCUT2D eigenvalue weighted by atomic mass is 16.7. The second-order valence-corrected chi connectivity index (χ2v) is 7.31. The molecule has 7 N–H and O–H groups in total. The number of rotatable bonds is 10. The molecule has 0 radical (unpaired) electrons. The lowest BCUT2D eigenvalue weighted by Gasteiger charge is -2.47. The quantitative estimate of drug-likeness (QED) is 0.157. The minimum absolute atomic E-state index is 0.0790.